The van der Waals surface area contributed by atoms with Crippen molar-refractivity contribution in [3.05, 3.63) is 78.4 Å². The lowest BCUT2D eigenvalue weighted by atomic mass is 10.1. The highest BCUT2D eigenvalue weighted by Gasteiger charge is 2.33. The molecular formula is C27H33N3O3. The van der Waals surface area contributed by atoms with Gasteiger partial charge in [-0.15, -0.1) is 6.58 Å². The lowest BCUT2D eigenvalue weighted by Crippen LogP contribution is -2.36. The third-order valence-electron chi connectivity index (χ3n) is 5.79. The fourth-order valence-corrected chi connectivity index (χ4v) is 3.96. The maximum atomic E-state index is 10.6. The highest BCUT2D eigenvalue weighted by atomic mass is 16.5. The van der Waals surface area contributed by atoms with E-state index in [4.69, 9.17) is 14.6 Å². The normalized spacial score (nSPS) is 14.4. The first-order valence-corrected chi connectivity index (χ1v) is 11.5. The summed E-state index contributed by atoms with van der Waals surface area (Å²) in [6.45, 7) is 7.63. The molecule has 6 heteroatoms. The summed E-state index contributed by atoms with van der Waals surface area (Å²) in [5.41, 5.74) is 4.16. The molecule has 1 N–H and O–H groups in total. The summed E-state index contributed by atoms with van der Waals surface area (Å²) >= 11 is 0. The molecule has 1 fully saturated rings. The van der Waals surface area contributed by atoms with Crippen LogP contribution in [-0.2, 0) is 18.3 Å². The SMILES string of the molecule is C=CCOCC(O)CN(Cc1c(-c2ccccc2)nn(C)c1Oc1ccc(C)cc1)C1CC1. The van der Waals surface area contributed by atoms with Gasteiger partial charge in [0.25, 0.3) is 0 Å². The Kier molecular flexibility index (Phi) is 7.60. The number of aliphatic hydroxyl groups is 1. The van der Waals surface area contributed by atoms with Gasteiger partial charge in [-0.05, 0) is 31.9 Å². The summed E-state index contributed by atoms with van der Waals surface area (Å²) in [6.07, 6.45) is 3.40. The third-order valence-corrected chi connectivity index (χ3v) is 5.79. The summed E-state index contributed by atoms with van der Waals surface area (Å²) in [5, 5.41) is 15.4. The Labute approximate surface area is 196 Å². The molecule has 1 aromatic heterocycles. The quantitative estimate of drug-likeness (QED) is 0.322. The molecule has 6 nitrogen and oxygen atoms in total. The molecule has 0 bridgehead atoms. The maximum Gasteiger partial charge on any atom is 0.222 e. The van der Waals surface area contributed by atoms with Crippen molar-refractivity contribution < 1.29 is 14.6 Å². The highest BCUT2D eigenvalue weighted by Crippen LogP contribution is 2.37. The Morgan fingerprint density at radius 1 is 1.18 bits per heavy atom. The van der Waals surface area contributed by atoms with Crippen LogP contribution in [0.5, 0.6) is 11.6 Å². The molecular weight excluding hydrogens is 414 g/mol. The van der Waals surface area contributed by atoms with Crippen LogP contribution in [0.15, 0.2) is 67.3 Å². The van der Waals surface area contributed by atoms with E-state index in [1.165, 1.54) is 5.56 Å². The lowest BCUT2D eigenvalue weighted by Gasteiger charge is -2.25. The van der Waals surface area contributed by atoms with Crippen molar-refractivity contribution in [2.24, 2.45) is 7.05 Å². The van der Waals surface area contributed by atoms with Gasteiger partial charge in [0, 0.05) is 31.7 Å². The molecule has 0 spiro atoms. The molecule has 33 heavy (non-hydrogen) atoms. The molecule has 1 aliphatic rings. The van der Waals surface area contributed by atoms with Crippen molar-refractivity contribution in [1.29, 1.82) is 0 Å². The Morgan fingerprint density at radius 2 is 1.91 bits per heavy atom. The standard InChI is InChI=1S/C27H33N3O3/c1-4-16-32-19-23(31)17-30(22-12-13-22)18-25-26(21-8-6-5-7-9-21)28-29(3)27(25)33-24-14-10-20(2)11-15-24/h4-11,14-15,22-23,31H,1,12-13,16-19H2,2-3H3. The molecule has 2 aromatic carbocycles. The first-order chi connectivity index (χ1) is 16.0. The molecule has 0 amide bonds. The fraction of sp³-hybridized carbons (Fsp3) is 0.370. The van der Waals surface area contributed by atoms with Crippen LogP contribution < -0.4 is 4.74 Å². The average molecular weight is 448 g/mol. The topological polar surface area (TPSA) is 59.8 Å². The molecule has 1 heterocycles. The number of aryl methyl sites for hydroxylation is 2. The second-order valence-electron chi connectivity index (χ2n) is 8.68. The van der Waals surface area contributed by atoms with Crippen molar-refractivity contribution in [2.75, 3.05) is 19.8 Å². The predicted molar refractivity (Wildman–Crippen MR) is 130 cm³/mol. The van der Waals surface area contributed by atoms with Gasteiger partial charge >= 0.3 is 0 Å². The van der Waals surface area contributed by atoms with Crippen LogP contribution in [0.4, 0.5) is 0 Å². The number of benzene rings is 2. The molecule has 1 unspecified atom stereocenters. The number of rotatable bonds is 12. The summed E-state index contributed by atoms with van der Waals surface area (Å²) in [4.78, 5) is 2.33. The van der Waals surface area contributed by atoms with Crippen LogP contribution in [0.1, 0.15) is 24.0 Å². The van der Waals surface area contributed by atoms with Gasteiger partial charge in [-0.2, -0.15) is 5.10 Å². The van der Waals surface area contributed by atoms with Crippen LogP contribution in [0, 0.1) is 6.92 Å². The lowest BCUT2D eigenvalue weighted by molar-refractivity contribution is 0.0227. The van der Waals surface area contributed by atoms with E-state index < -0.39 is 6.10 Å². The van der Waals surface area contributed by atoms with E-state index in [-0.39, 0.29) is 0 Å². The minimum atomic E-state index is -0.566. The van der Waals surface area contributed by atoms with Gasteiger partial charge in [0.1, 0.15) is 11.4 Å². The Hall–Kier alpha value is -2.93. The van der Waals surface area contributed by atoms with Crippen molar-refractivity contribution in [2.45, 2.75) is 38.5 Å². The first kappa shape index (κ1) is 23.2. The van der Waals surface area contributed by atoms with E-state index in [0.29, 0.717) is 32.3 Å². The number of aliphatic hydroxyl groups excluding tert-OH is 1. The van der Waals surface area contributed by atoms with Gasteiger partial charge < -0.3 is 14.6 Å². The molecule has 174 valence electrons. The van der Waals surface area contributed by atoms with Crippen LogP contribution in [0.2, 0.25) is 0 Å². The number of hydrogen-bond acceptors (Lipinski definition) is 5. The fourth-order valence-electron chi connectivity index (χ4n) is 3.96. The smallest absolute Gasteiger partial charge is 0.222 e. The number of aromatic nitrogens is 2. The van der Waals surface area contributed by atoms with Crippen molar-refractivity contribution >= 4 is 0 Å². The zero-order valence-electron chi connectivity index (χ0n) is 19.5. The summed E-state index contributed by atoms with van der Waals surface area (Å²) < 4.78 is 13.6. The summed E-state index contributed by atoms with van der Waals surface area (Å²) in [6, 6.07) is 18.7. The zero-order chi connectivity index (χ0) is 23.2. The molecule has 1 atom stereocenters. The number of nitrogens with zero attached hydrogens (tertiary/aromatic N) is 3. The van der Waals surface area contributed by atoms with Gasteiger partial charge in [-0.25, -0.2) is 4.68 Å². The van der Waals surface area contributed by atoms with E-state index >= 15 is 0 Å². The van der Waals surface area contributed by atoms with E-state index in [0.717, 1.165) is 41.3 Å². The molecule has 4 rings (SSSR count). The molecule has 1 aliphatic carbocycles. The van der Waals surface area contributed by atoms with E-state index in [1.54, 1.807) is 6.08 Å². The van der Waals surface area contributed by atoms with Gasteiger partial charge in [0.15, 0.2) is 0 Å². The van der Waals surface area contributed by atoms with Crippen LogP contribution >= 0.6 is 0 Å². The van der Waals surface area contributed by atoms with Crippen LogP contribution in [0.3, 0.4) is 0 Å². The maximum absolute atomic E-state index is 10.6. The average Bonchev–Trinajstić information content (AvgIpc) is 3.62. The minimum Gasteiger partial charge on any atom is -0.439 e. The number of ether oxygens (including phenoxy) is 2. The van der Waals surface area contributed by atoms with Crippen LogP contribution in [0.25, 0.3) is 11.3 Å². The van der Waals surface area contributed by atoms with E-state index in [2.05, 4.69) is 30.5 Å². The van der Waals surface area contributed by atoms with Gasteiger partial charge in [-0.3, -0.25) is 4.90 Å². The molecule has 0 saturated heterocycles. The predicted octanol–water partition coefficient (Wildman–Crippen LogP) is 4.72. The molecule has 0 aliphatic heterocycles. The Morgan fingerprint density at radius 3 is 2.58 bits per heavy atom. The van der Waals surface area contributed by atoms with Gasteiger partial charge in [-0.1, -0.05) is 54.1 Å². The summed E-state index contributed by atoms with van der Waals surface area (Å²) in [7, 11) is 1.92. The van der Waals surface area contributed by atoms with Crippen molar-refractivity contribution in [1.82, 2.24) is 14.7 Å². The molecule has 3 aromatic rings. The Bertz CT molecular complexity index is 1040. The second-order valence-corrected chi connectivity index (χ2v) is 8.68. The molecule has 1 saturated carbocycles. The Balaban J connectivity index is 1.63. The highest BCUT2D eigenvalue weighted by molar-refractivity contribution is 5.65. The monoisotopic (exact) mass is 447 g/mol. The second kappa shape index (κ2) is 10.8. The molecule has 0 radical (unpaired) electrons. The van der Waals surface area contributed by atoms with Crippen LogP contribution in [-0.4, -0.2) is 51.7 Å². The van der Waals surface area contributed by atoms with Gasteiger partial charge in [0.2, 0.25) is 5.88 Å². The first-order valence-electron chi connectivity index (χ1n) is 11.5. The van der Waals surface area contributed by atoms with Crippen molar-refractivity contribution in [3.8, 4) is 22.9 Å². The third kappa shape index (κ3) is 6.11. The number of hydrogen-bond donors (Lipinski definition) is 1. The van der Waals surface area contributed by atoms with E-state index in [9.17, 15) is 5.11 Å². The largest absolute Gasteiger partial charge is 0.439 e. The van der Waals surface area contributed by atoms with E-state index in [1.807, 2.05) is 54.2 Å². The zero-order valence-corrected chi connectivity index (χ0v) is 19.5. The van der Waals surface area contributed by atoms with Crippen molar-refractivity contribution in [3.63, 3.8) is 0 Å². The summed E-state index contributed by atoms with van der Waals surface area (Å²) in [5.74, 6) is 1.50. The van der Waals surface area contributed by atoms with Gasteiger partial charge in [0.05, 0.1) is 24.9 Å². The minimum absolute atomic E-state index is 0.292.